The van der Waals surface area contributed by atoms with Crippen molar-refractivity contribution in [2.24, 2.45) is 5.92 Å². The first-order valence-corrected chi connectivity index (χ1v) is 9.61. The molecule has 0 amide bonds. The Morgan fingerprint density at radius 2 is 1.56 bits per heavy atom. The molecule has 0 radical (unpaired) electrons. The van der Waals surface area contributed by atoms with Crippen molar-refractivity contribution in [3.63, 3.8) is 0 Å². The number of phenolic OH excluding ortho intramolecular Hbond substituents is 1. The molecule has 0 saturated carbocycles. The molecule has 1 aliphatic rings. The monoisotopic (exact) mass is 364 g/mol. The number of nitrogens with one attached hydrogen (secondary N) is 1. The largest absolute Gasteiger partial charge is 0.508 e. The third-order valence-electron chi connectivity index (χ3n) is 4.66. The van der Waals surface area contributed by atoms with Crippen molar-refractivity contribution in [2.75, 3.05) is 13.1 Å². The third-order valence-corrected chi connectivity index (χ3v) is 5.14. The fraction of sp³-hybridized carbons (Fsp3) is 0.333. The smallest absolute Gasteiger partial charge is 0.385 e. The van der Waals surface area contributed by atoms with Crippen LogP contribution in [0.1, 0.15) is 29.9 Å². The van der Waals surface area contributed by atoms with Crippen LogP contribution in [0.2, 0.25) is 0 Å². The second-order valence-corrected chi connectivity index (χ2v) is 7.39. The summed E-state index contributed by atoms with van der Waals surface area (Å²) in [6, 6.07) is 17.3. The van der Waals surface area contributed by atoms with Gasteiger partial charge in [-0.3, -0.25) is 0 Å². The molecule has 2 aromatic rings. The number of rotatable bonds is 5. The van der Waals surface area contributed by atoms with Crippen LogP contribution in [-0.2, 0) is 10.4 Å². The summed E-state index contributed by atoms with van der Waals surface area (Å²) in [5.74, 6) is 0.668. The van der Waals surface area contributed by atoms with E-state index in [1.54, 1.807) is 12.1 Å². The van der Waals surface area contributed by atoms with Crippen LogP contribution in [-0.4, -0.2) is 31.6 Å². The van der Waals surface area contributed by atoms with E-state index in [1.165, 1.54) is 10.6 Å². The summed E-state index contributed by atoms with van der Waals surface area (Å²) < 4.78 is 34.3. The number of phenols is 1. The Hall–Kier alpha value is -1.96. The van der Waals surface area contributed by atoms with Crippen molar-refractivity contribution < 1.29 is 17.4 Å². The first-order chi connectivity index (χ1) is 11.9. The highest BCUT2D eigenvalue weighted by molar-refractivity contribution is 7.84. The van der Waals surface area contributed by atoms with Crippen LogP contribution in [0.5, 0.6) is 5.75 Å². The number of hydrogen-bond donors (Lipinski definition) is 2. The minimum absolute atomic E-state index is 0.144. The van der Waals surface area contributed by atoms with Gasteiger partial charge in [-0.25, -0.2) is 5.01 Å². The molecule has 1 fully saturated rings. The topological polar surface area (TPSA) is 69.6 Å². The zero-order valence-electron chi connectivity index (χ0n) is 13.7. The van der Waals surface area contributed by atoms with Crippen LogP contribution >= 0.6 is 0 Å². The van der Waals surface area contributed by atoms with Crippen molar-refractivity contribution in [1.29, 1.82) is 0 Å². The molecule has 1 aliphatic heterocycles. The van der Waals surface area contributed by atoms with Crippen LogP contribution < -0.4 is 4.83 Å². The summed E-state index contributed by atoms with van der Waals surface area (Å²) in [4.78, 5) is 1.91. The van der Waals surface area contributed by atoms with Crippen LogP contribution in [0.4, 0.5) is 3.89 Å². The van der Waals surface area contributed by atoms with Gasteiger partial charge in [0, 0.05) is 19.0 Å². The molecule has 1 unspecified atom stereocenters. The fourth-order valence-electron chi connectivity index (χ4n) is 3.56. The summed E-state index contributed by atoms with van der Waals surface area (Å²) in [6.07, 6.45) is 1.48. The third kappa shape index (κ3) is 4.78. The van der Waals surface area contributed by atoms with Gasteiger partial charge in [-0.05, 0) is 42.0 Å². The van der Waals surface area contributed by atoms with Gasteiger partial charge < -0.3 is 5.11 Å². The fourth-order valence-corrected chi connectivity index (χ4v) is 4.05. The molecular weight excluding hydrogens is 343 g/mol. The van der Waals surface area contributed by atoms with Gasteiger partial charge in [0.15, 0.2) is 0 Å². The van der Waals surface area contributed by atoms with Gasteiger partial charge in [0.25, 0.3) is 0 Å². The van der Waals surface area contributed by atoms with Gasteiger partial charge in [0.1, 0.15) is 5.75 Å². The van der Waals surface area contributed by atoms with Gasteiger partial charge >= 0.3 is 10.4 Å². The SMILES string of the molecule is O=S(=O)(F)NN1CCC(C(c2ccccc2)c2ccc(O)cc2)CC1. The van der Waals surface area contributed by atoms with E-state index >= 15 is 0 Å². The average Bonchev–Trinajstić information content (AvgIpc) is 2.58. The molecule has 134 valence electrons. The van der Waals surface area contributed by atoms with Gasteiger partial charge in [0.2, 0.25) is 0 Å². The van der Waals surface area contributed by atoms with Crippen LogP contribution in [0.15, 0.2) is 54.6 Å². The molecule has 1 saturated heterocycles. The molecule has 1 atom stereocenters. The Kier molecular flexibility index (Phi) is 5.36. The second-order valence-electron chi connectivity index (χ2n) is 6.33. The number of piperidine rings is 1. The summed E-state index contributed by atoms with van der Waals surface area (Å²) in [7, 11) is -4.72. The van der Waals surface area contributed by atoms with E-state index in [0.29, 0.717) is 19.0 Å². The Bertz CT molecular complexity index is 789. The van der Waals surface area contributed by atoms with Gasteiger partial charge in [0.05, 0.1) is 0 Å². The van der Waals surface area contributed by atoms with Crippen molar-refractivity contribution >= 4 is 10.4 Å². The molecule has 2 aromatic carbocycles. The second kappa shape index (κ2) is 7.51. The molecule has 0 bridgehead atoms. The lowest BCUT2D eigenvalue weighted by Crippen LogP contribution is -2.46. The van der Waals surface area contributed by atoms with E-state index in [-0.39, 0.29) is 11.7 Å². The van der Waals surface area contributed by atoms with E-state index < -0.39 is 10.4 Å². The van der Waals surface area contributed by atoms with E-state index in [0.717, 1.165) is 18.4 Å². The first kappa shape index (κ1) is 17.8. The standard InChI is InChI=1S/C18H21FN2O3S/c19-25(23,24)20-21-12-10-16(11-13-21)18(14-4-2-1-3-5-14)15-6-8-17(22)9-7-15/h1-9,16,18,20,22H,10-13H2. The minimum Gasteiger partial charge on any atom is -0.508 e. The van der Waals surface area contributed by atoms with E-state index in [4.69, 9.17) is 0 Å². The van der Waals surface area contributed by atoms with Crippen LogP contribution in [0, 0.1) is 5.92 Å². The summed E-state index contributed by atoms with van der Waals surface area (Å²) in [5, 5.41) is 11.0. The maximum absolute atomic E-state index is 12.8. The number of nitrogens with zero attached hydrogens (tertiary/aromatic N) is 1. The molecule has 5 nitrogen and oxygen atoms in total. The molecule has 0 aromatic heterocycles. The summed E-state index contributed by atoms with van der Waals surface area (Å²) in [6.45, 7) is 0.907. The normalized spacial score (nSPS) is 18.1. The Morgan fingerprint density at radius 3 is 2.12 bits per heavy atom. The zero-order chi connectivity index (χ0) is 17.9. The lowest BCUT2D eigenvalue weighted by Gasteiger charge is -2.35. The van der Waals surface area contributed by atoms with E-state index in [1.807, 2.05) is 35.2 Å². The quantitative estimate of drug-likeness (QED) is 0.801. The zero-order valence-corrected chi connectivity index (χ0v) is 14.5. The molecular formula is C18H21FN2O3S. The predicted octanol–water partition coefficient (Wildman–Crippen LogP) is 2.96. The molecule has 25 heavy (non-hydrogen) atoms. The van der Waals surface area contributed by atoms with Gasteiger partial charge in [-0.1, -0.05) is 46.4 Å². The molecule has 3 rings (SSSR count). The highest BCUT2D eigenvalue weighted by atomic mass is 32.3. The highest BCUT2D eigenvalue weighted by Gasteiger charge is 2.30. The number of halogens is 1. The average molecular weight is 364 g/mol. The van der Waals surface area contributed by atoms with Crippen molar-refractivity contribution in [3.8, 4) is 5.75 Å². The van der Waals surface area contributed by atoms with Crippen molar-refractivity contribution in [3.05, 3.63) is 65.7 Å². The summed E-state index contributed by atoms with van der Waals surface area (Å²) >= 11 is 0. The predicted molar refractivity (Wildman–Crippen MR) is 93.9 cm³/mol. The Morgan fingerprint density at radius 1 is 1.00 bits per heavy atom. The van der Waals surface area contributed by atoms with E-state index in [9.17, 15) is 17.4 Å². The number of benzene rings is 2. The van der Waals surface area contributed by atoms with Crippen LogP contribution in [0.25, 0.3) is 0 Å². The number of hydrazine groups is 1. The minimum atomic E-state index is -4.72. The summed E-state index contributed by atoms with van der Waals surface area (Å²) in [5.41, 5.74) is 2.28. The lowest BCUT2D eigenvalue weighted by atomic mass is 9.76. The molecule has 1 heterocycles. The van der Waals surface area contributed by atoms with Crippen molar-refractivity contribution in [1.82, 2.24) is 9.84 Å². The van der Waals surface area contributed by atoms with Crippen LogP contribution in [0.3, 0.4) is 0 Å². The van der Waals surface area contributed by atoms with E-state index in [2.05, 4.69) is 12.1 Å². The molecule has 7 heteroatoms. The lowest BCUT2D eigenvalue weighted by molar-refractivity contribution is 0.150. The maximum atomic E-state index is 12.8. The Balaban J connectivity index is 1.80. The Labute approximate surface area is 147 Å². The maximum Gasteiger partial charge on any atom is 0.385 e. The number of aromatic hydroxyl groups is 1. The molecule has 2 N–H and O–H groups in total. The molecule has 0 aliphatic carbocycles. The molecule has 0 spiro atoms. The van der Waals surface area contributed by atoms with Crippen molar-refractivity contribution in [2.45, 2.75) is 18.8 Å². The van der Waals surface area contributed by atoms with Gasteiger partial charge in [-0.15, -0.1) is 4.83 Å². The highest BCUT2D eigenvalue weighted by Crippen LogP contribution is 2.38. The first-order valence-electron chi connectivity index (χ1n) is 8.23. The van der Waals surface area contributed by atoms with Gasteiger partial charge in [-0.2, -0.15) is 8.42 Å². The number of hydrogen-bond acceptors (Lipinski definition) is 4.